The molecule has 0 aliphatic carbocycles. The van der Waals surface area contributed by atoms with Crippen LogP contribution in [0.3, 0.4) is 0 Å². The van der Waals surface area contributed by atoms with Gasteiger partial charge in [-0.25, -0.2) is 0 Å². The van der Waals surface area contributed by atoms with Gasteiger partial charge in [0, 0.05) is 24.2 Å². The molecule has 2 aromatic rings. The van der Waals surface area contributed by atoms with E-state index in [0.29, 0.717) is 6.54 Å². The molecule has 21 heavy (non-hydrogen) atoms. The fourth-order valence-corrected chi connectivity index (χ4v) is 2.99. The van der Waals surface area contributed by atoms with Crippen LogP contribution in [-0.4, -0.2) is 18.5 Å². The average Bonchev–Trinajstić information content (AvgIpc) is 2.45. The minimum absolute atomic E-state index is 0.224. The summed E-state index contributed by atoms with van der Waals surface area (Å²) in [7, 11) is 2.12. The van der Waals surface area contributed by atoms with Gasteiger partial charge >= 0.3 is 0 Å². The lowest BCUT2D eigenvalue weighted by Crippen LogP contribution is -2.31. The summed E-state index contributed by atoms with van der Waals surface area (Å²) in [6.45, 7) is 5.77. The molecule has 1 atom stereocenters. The van der Waals surface area contributed by atoms with Gasteiger partial charge in [0.25, 0.3) is 0 Å². The zero-order valence-electron chi connectivity index (χ0n) is 12.9. The molecule has 2 nitrogen and oxygen atoms in total. The van der Waals surface area contributed by atoms with E-state index in [0.717, 1.165) is 11.6 Å². The number of likely N-dealkylation sites (N-methyl/N-ethyl adjacent to an activating group) is 1. The Bertz CT molecular complexity index is 572. The van der Waals surface area contributed by atoms with Gasteiger partial charge in [-0.1, -0.05) is 41.9 Å². The van der Waals surface area contributed by atoms with Crippen LogP contribution in [0.1, 0.15) is 28.3 Å². The van der Waals surface area contributed by atoms with Crippen molar-refractivity contribution in [3.05, 3.63) is 69.7 Å². The van der Waals surface area contributed by atoms with Crippen molar-refractivity contribution in [3.63, 3.8) is 0 Å². The lowest BCUT2D eigenvalue weighted by Gasteiger charge is -2.30. The van der Waals surface area contributed by atoms with Crippen LogP contribution in [0, 0.1) is 13.8 Å². The Morgan fingerprint density at radius 3 is 2.14 bits per heavy atom. The van der Waals surface area contributed by atoms with E-state index in [2.05, 4.69) is 56.1 Å². The molecule has 2 N–H and O–H groups in total. The minimum Gasteiger partial charge on any atom is -0.329 e. The van der Waals surface area contributed by atoms with E-state index >= 15 is 0 Å². The largest absolute Gasteiger partial charge is 0.329 e. The molecule has 0 saturated heterocycles. The van der Waals surface area contributed by atoms with Crippen LogP contribution in [0.5, 0.6) is 0 Å². The Morgan fingerprint density at radius 2 is 1.62 bits per heavy atom. The highest BCUT2D eigenvalue weighted by Crippen LogP contribution is 2.26. The van der Waals surface area contributed by atoms with Crippen molar-refractivity contribution in [2.45, 2.75) is 26.4 Å². The highest BCUT2D eigenvalue weighted by atomic mass is 35.5. The first-order valence-electron chi connectivity index (χ1n) is 7.23. The second-order valence-electron chi connectivity index (χ2n) is 5.60. The predicted molar refractivity (Wildman–Crippen MR) is 90.6 cm³/mol. The van der Waals surface area contributed by atoms with Crippen LogP contribution in [-0.2, 0) is 6.54 Å². The number of rotatable bonds is 5. The van der Waals surface area contributed by atoms with Gasteiger partial charge in [0.2, 0.25) is 0 Å². The molecular formula is C18H23ClN2. The Balaban J connectivity index is 2.22. The summed E-state index contributed by atoms with van der Waals surface area (Å²) in [5.74, 6) is 0. The Hall–Kier alpha value is -1.35. The molecule has 0 amide bonds. The van der Waals surface area contributed by atoms with Crippen molar-refractivity contribution < 1.29 is 0 Å². The molecule has 0 saturated carbocycles. The molecule has 0 spiro atoms. The number of halogens is 1. The molecule has 0 aliphatic heterocycles. The van der Waals surface area contributed by atoms with E-state index in [1.54, 1.807) is 0 Å². The third kappa shape index (κ3) is 3.85. The number of hydrogen-bond donors (Lipinski definition) is 1. The number of aryl methyl sites for hydroxylation is 2. The SMILES string of the molecule is Cc1cccc(C)c1C(CN)N(C)Cc1ccc(Cl)cc1. The third-order valence-electron chi connectivity index (χ3n) is 3.98. The normalized spacial score (nSPS) is 12.7. The van der Waals surface area contributed by atoms with Crippen LogP contribution in [0.15, 0.2) is 42.5 Å². The van der Waals surface area contributed by atoms with E-state index in [-0.39, 0.29) is 6.04 Å². The van der Waals surface area contributed by atoms with Crippen LogP contribution in [0.25, 0.3) is 0 Å². The van der Waals surface area contributed by atoms with Gasteiger partial charge in [-0.2, -0.15) is 0 Å². The van der Waals surface area contributed by atoms with Crippen molar-refractivity contribution in [1.82, 2.24) is 4.90 Å². The maximum absolute atomic E-state index is 6.06. The summed E-state index contributed by atoms with van der Waals surface area (Å²) in [6, 6.07) is 14.6. The van der Waals surface area contributed by atoms with E-state index in [4.69, 9.17) is 17.3 Å². The molecule has 2 rings (SSSR count). The van der Waals surface area contributed by atoms with E-state index in [9.17, 15) is 0 Å². The van der Waals surface area contributed by atoms with Gasteiger partial charge in [0.05, 0.1) is 0 Å². The van der Waals surface area contributed by atoms with Gasteiger partial charge in [0.1, 0.15) is 0 Å². The van der Waals surface area contributed by atoms with Crippen molar-refractivity contribution in [3.8, 4) is 0 Å². The molecule has 0 fully saturated rings. The first-order valence-corrected chi connectivity index (χ1v) is 7.61. The molecule has 1 unspecified atom stereocenters. The standard InChI is InChI=1S/C18H23ClN2/c1-13-5-4-6-14(2)18(13)17(11-20)21(3)12-15-7-9-16(19)10-8-15/h4-10,17H,11-12,20H2,1-3H3. The highest BCUT2D eigenvalue weighted by molar-refractivity contribution is 6.30. The molecule has 0 radical (unpaired) electrons. The van der Waals surface area contributed by atoms with Crippen LogP contribution < -0.4 is 5.73 Å². The zero-order valence-corrected chi connectivity index (χ0v) is 13.7. The second kappa shape index (κ2) is 7.08. The Labute approximate surface area is 132 Å². The summed E-state index contributed by atoms with van der Waals surface area (Å²) >= 11 is 5.94. The Morgan fingerprint density at radius 1 is 1.05 bits per heavy atom. The van der Waals surface area contributed by atoms with Gasteiger partial charge in [-0.05, 0) is 55.3 Å². The van der Waals surface area contributed by atoms with Crippen molar-refractivity contribution >= 4 is 11.6 Å². The molecule has 3 heteroatoms. The molecule has 0 bridgehead atoms. The second-order valence-corrected chi connectivity index (χ2v) is 6.04. The van der Waals surface area contributed by atoms with E-state index in [1.807, 2.05) is 12.1 Å². The molecule has 0 aliphatic rings. The van der Waals surface area contributed by atoms with Crippen molar-refractivity contribution in [2.24, 2.45) is 5.73 Å². The van der Waals surface area contributed by atoms with Gasteiger partial charge in [-0.15, -0.1) is 0 Å². The monoisotopic (exact) mass is 302 g/mol. The molecule has 2 aromatic carbocycles. The first kappa shape index (κ1) is 16.0. The fraction of sp³-hybridized carbons (Fsp3) is 0.333. The van der Waals surface area contributed by atoms with Gasteiger partial charge in [0.15, 0.2) is 0 Å². The van der Waals surface area contributed by atoms with Gasteiger partial charge < -0.3 is 5.73 Å². The predicted octanol–water partition coefficient (Wildman–Crippen LogP) is 4.09. The summed E-state index contributed by atoms with van der Waals surface area (Å²) in [4.78, 5) is 2.30. The first-order chi connectivity index (χ1) is 10.0. The number of nitrogens with two attached hydrogens (primary N) is 1. The molecular weight excluding hydrogens is 280 g/mol. The molecule has 112 valence electrons. The Kier molecular flexibility index (Phi) is 5.40. The number of benzene rings is 2. The number of hydrogen-bond acceptors (Lipinski definition) is 2. The average molecular weight is 303 g/mol. The lowest BCUT2D eigenvalue weighted by molar-refractivity contribution is 0.240. The minimum atomic E-state index is 0.224. The quantitative estimate of drug-likeness (QED) is 0.901. The summed E-state index contributed by atoms with van der Waals surface area (Å²) in [5, 5.41) is 0.770. The topological polar surface area (TPSA) is 29.3 Å². The van der Waals surface area contributed by atoms with Gasteiger partial charge in [-0.3, -0.25) is 4.90 Å². The highest BCUT2D eigenvalue weighted by Gasteiger charge is 2.19. The van der Waals surface area contributed by atoms with Crippen LogP contribution in [0.2, 0.25) is 5.02 Å². The zero-order chi connectivity index (χ0) is 15.4. The number of nitrogens with zero attached hydrogens (tertiary/aromatic N) is 1. The fourth-order valence-electron chi connectivity index (χ4n) is 2.86. The van der Waals surface area contributed by atoms with Crippen LogP contribution in [0.4, 0.5) is 0 Å². The summed E-state index contributed by atoms with van der Waals surface area (Å²) in [6.07, 6.45) is 0. The van der Waals surface area contributed by atoms with E-state index < -0.39 is 0 Å². The lowest BCUT2D eigenvalue weighted by atomic mass is 9.95. The van der Waals surface area contributed by atoms with Crippen molar-refractivity contribution in [2.75, 3.05) is 13.6 Å². The van der Waals surface area contributed by atoms with E-state index in [1.165, 1.54) is 22.3 Å². The molecule has 0 heterocycles. The third-order valence-corrected chi connectivity index (χ3v) is 4.23. The molecule has 0 aromatic heterocycles. The summed E-state index contributed by atoms with van der Waals surface area (Å²) < 4.78 is 0. The van der Waals surface area contributed by atoms with Crippen molar-refractivity contribution in [1.29, 1.82) is 0 Å². The summed E-state index contributed by atoms with van der Waals surface area (Å²) in [5.41, 5.74) is 11.2. The maximum Gasteiger partial charge on any atom is 0.0476 e. The smallest absolute Gasteiger partial charge is 0.0476 e. The van der Waals surface area contributed by atoms with Crippen LogP contribution >= 0.6 is 11.6 Å². The maximum atomic E-state index is 6.06.